The number of benzene rings is 2. The number of aromatic nitrogens is 4. The molecule has 142 valence electrons. The first-order valence-electron chi connectivity index (χ1n) is 9.37. The summed E-state index contributed by atoms with van der Waals surface area (Å²) in [5.74, 6) is 0.593. The third-order valence-electron chi connectivity index (χ3n) is 4.87. The summed E-state index contributed by atoms with van der Waals surface area (Å²) in [6, 6.07) is 23.5. The molecule has 0 N–H and O–H groups in total. The van der Waals surface area contributed by atoms with Crippen LogP contribution in [-0.2, 0) is 13.1 Å². The predicted octanol–water partition coefficient (Wildman–Crippen LogP) is 3.95. The highest BCUT2D eigenvalue weighted by Crippen LogP contribution is 2.26. The van der Waals surface area contributed by atoms with Gasteiger partial charge in [-0.3, -0.25) is 4.57 Å². The summed E-state index contributed by atoms with van der Waals surface area (Å²) in [7, 11) is 0. The molecule has 29 heavy (non-hydrogen) atoms. The second-order valence-electron chi connectivity index (χ2n) is 6.82. The lowest BCUT2D eigenvalue weighted by Crippen LogP contribution is -2.26. The highest BCUT2D eigenvalue weighted by molar-refractivity contribution is 5.85. The fourth-order valence-electron chi connectivity index (χ4n) is 3.51. The highest BCUT2D eigenvalue weighted by atomic mass is 16.3. The number of fused-ring (bicyclic) bond motifs is 1. The molecule has 0 aliphatic rings. The summed E-state index contributed by atoms with van der Waals surface area (Å²) in [5.41, 5.74) is 3.62. The Hall–Kier alpha value is -3.93. The largest absolute Gasteiger partial charge is 0.463 e. The molecule has 0 atom stereocenters. The van der Waals surface area contributed by atoms with E-state index in [-0.39, 0.29) is 5.69 Å². The van der Waals surface area contributed by atoms with E-state index in [0.29, 0.717) is 35.7 Å². The van der Waals surface area contributed by atoms with Crippen LogP contribution in [0.4, 0.5) is 0 Å². The van der Waals surface area contributed by atoms with Crippen molar-refractivity contribution in [3.8, 4) is 11.5 Å². The zero-order valence-electron chi connectivity index (χ0n) is 15.6. The molecule has 0 radical (unpaired) electrons. The van der Waals surface area contributed by atoms with Crippen molar-refractivity contribution in [2.24, 2.45) is 0 Å². The first kappa shape index (κ1) is 17.2. The Kier molecular flexibility index (Phi) is 4.29. The van der Waals surface area contributed by atoms with Crippen LogP contribution >= 0.6 is 0 Å². The monoisotopic (exact) mass is 382 g/mol. The molecule has 0 saturated carbocycles. The molecule has 5 aromatic rings. The molecular formula is C23H18N4O2. The van der Waals surface area contributed by atoms with Crippen LogP contribution in [-0.4, -0.2) is 19.1 Å². The van der Waals surface area contributed by atoms with Crippen molar-refractivity contribution in [1.82, 2.24) is 19.1 Å². The van der Waals surface area contributed by atoms with E-state index in [1.54, 1.807) is 23.2 Å². The molecule has 2 aromatic carbocycles. The topological polar surface area (TPSA) is 65.8 Å². The summed E-state index contributed by atoms with van der Waals surface area (Å²) < 4.78 is 9.17. The Bertz CT molecular complexity index is 1300. The number of imidazole rings is 1. The van der Waals surface area contributed by atoms with Crippen molar-refractivity contribution in [2.75, 3.05) is 0 Å². The lowest BCUT2D eigenvalue weighted by Gasteiger charge is -2.12. The van der Waals surface area contributed by atoms with Gasteiger partial charge >= 0.3 is 5.69 Å². The van der Waals surface area contributed by atoms with Gasteiger partial charge in [0.25, 0.3) is 0 Å². The Morgan fingerprint density at radius 1 is 0.828 bits per heavy atom. The van der Waals surface area contributed by atoms with Gasteiger partial charge in [-0.1, -0.05) is 60.7 Å². The molecule has 3 heterocycles. The maximum atomic E-state index is 13.0. The van der Waals surface area contributed by atoms with Gasteiger partial charge in [0.2, 0.25) is 0 Å². The number of hydrogen-bond acceptors (Lipinski definition) is 4. The summed E-state index contributed by atoms with van der Waals surface area (Å²) in [6.45, 7) is 0.980. The number of hydrogen-bond donors (Lipinski definition) is 0. The Morgan fingerprint density at radius 2 is 1.52 bits per heavy atom. The van der Waals surface area contributed by atoms with Crippen molar-refractivity contribution >= 4 is 11.2 Å². The summed E-state index contributed by atoms with van der Waals surface area (Å²) in [4.78, 5) is 22.0. The van der Waals surface area contributed by atoms with Crippen molar-refractivity contribution in [1.29, 1.82) is 0 Å². The number of furan rings is 1. The van der Waals surface area contributed by atoms with Crippen LogP contribution in [0.2, 0.25) is 0 Å². The van der Waals surface area contributed by atoms with E-state index in [1.807, 2.05) is 71.3 Å². The minimum Gasteiger partial charge on any atom is -0.463 e. The average Bonchev–Trinajstić information content (AvgIpc) is 3.41. The van der Waals surface area contributed by atoms with E-state index >= 15 is 0 Å². The van der Waals surface area contributed by atoms with E-state index in [1.165, 1.54) is 0 Å². The predicted molar refractivity (Wildman–Crippen MR) is 111 cm³/mol. The van der Waals surface area contributed by atoms with Crippen molar-refractivity contribution in [3.63, 3.8) is 0 Å². The standard InChI is InChI=1S/C23H18N4O2/c28-23-25-22-20(24-16-26(22)14-17-8-3-1-4-9-17)21(19-12-7-13-29-19)27(23)15-18-10-5-2-6-11-18/h1-13,16H,14-15H2. The normalized spacial score (nSPS) is 11.2. The second kappa shape index (κ2) is 7.24. The summed E-state index contributed by atoms with van der Waals surface area (Å²) >= 11 is 0. The van der Waals surface area contributed by atoms with Crippen molar-refractivity contribution in [3.05, 3.63) is 107 Å². The maximum absolute atomic E-state index is 13.0. The van der Waals surface area contributed by atoms with E-state index in [2.05, 4.69) is 9.97 Å². The Balaban J connectivity index is 1.69. The Morgan fingerprint density at radius 3 is 2.17 bits per heavy atom. The van der Waals surface area contributed by atoms with Gasteiger partial charge in [0, 0.05) is 0 Å². The first-order valence-corrected chi connectivity index (χ1v) is 9.37. The van der Waals surface area contributed by atoms with Gasteiger partial charge in [-0.15, -0.1) is 0 Å². The van der Waals surface area contributed by atoms with E-state index in [9.17, 15) is 4.79 Å². The minimum atomic E-state index is -0.331. The maximum Gasteiger partial charge on any atom is 0.350 e. The lowest BCUT2D eigenvalue weighted by atomic mass is 10.2. The molecule has 5 rings (SSSR count). The zero-order valence-corrected chi connectivity index (χ0v) is 15.6. The SMILES string of the molecule is O=c1nc2c(ncn2Cc2ccccc2)c(-c2ccco2)n1Cc1ccccc1. The van der Waals surface area contributed by atoms with Crippen LogP contribution in [0.5, 0.6) is 0 Å². The quantitative estimate of drug-likeness (QED) is 0.462. The number of rotatable bonds is 5. The van der Waals surface area contributed by atoms with Gasteiger partial charge in [0.05, 0.1) is 25.7 Å². The second-order valence-corrected chi connectivity index (χ2v) is 6.82. The minimum absolute atomic E-state index is 0.331. The molecule has 0 aliphatic carbocycles. The van der Waals surface area contributed by atoms with E-state index in [4.69, 9.17) is 4.42 Å². The molecule has 0 aliphatic heterocycles. The third-order valence-corrected chi connectivity index (χ3v) is 4.87. The van der Waals surface area contributed by atoms with Gasteiger partial charge in [0.15, 0.2) is 11.4 Å². The van der Waals surface area contributed by atoms with Crippen molar-refractivity contribution < 1.29 is 4.42 Å². The van der Waals surface area contributed by atoms with E-state index < -0.39 is 0 Å². The lowest BCUT2D eigenvalue weighted by molar-refractivity contribution is 0.571. The Labute approximate surface area is 166 Å². The summed E-state index contributed by atoms with van der Waals surface area (Å²) in [5, 5.41) is 0. The fourth-order valence-corrected chi connectivity index (χ4v) is 3.51. The van der Waals surface area contributed by atoms with Crippen LogP contribution in [0.3, 0.4) is 0 Å². The van der Waals surface area contributed by atoms with Crippen LogP contribution in [0.1, 0.15) is 11.1 Å². The molecule has 0 bridgehead atoms. The molecule has 0 amide bonds. The molecule has 6 heteroatoms. The van der Waals surface area contributed by atoms with Crippen LogP contribution in [0, 0.1) is 0 Å². The first-order chi connectivity index (χ1) is 14.3. The fraction of sp³-hybridized carbons (Fsp3) is 0.0870. The van der Waals surface area contributed by atoms with Gasteiger partial charge in [-0.05, 0) is 23.3 Å². The zero-order chi connectivity index (χ0) is 19.6. The molecule has 3 aromatic heterocycles. The van der Waals surface area contributed by atoms with Gasteiger partial charge < -0.3 is 8.98 Å². The number of nitrogens with zero attached hydrogens (tertiary/aromatic N) is 4. The summed E-state index contributed by atoms with van der Waals surface area (Å²) in [6.07, 6.45) is 3.32. The van der Waals surface area contributed by atoms with Gasteiger partial charge in [0.1, 0.15) is 11.2 Å². The molecule has 0 spiro atoms. The smallest absolute Gasteiger partial charge is 0.350 e. The van der Waals surface area contributed by atoms with Crippen LogP contribution in [0.25, 0.3) is 22.6 Å². The van der Waals surface area contributed by atoms with Gasteiger partial charge in [-0.2, -0.15) is 4.98 Å². The molecular weight excluding hydrogens is 364 g/mol. The van der Waals surface area contributed by atoms with E-state index in [0.717, 1.165) is 11.1 Å². The van der Waals surface area contributed by atoms with Gasteiger partial charge in [-0.25, -0.2) is 9.78 Å². The molecule has 0 saturated heterocycles. The third kappa shape index (κ3) is 3.25. The van der Waals surface area contributed by atoms with Crippen LogP contribution in [0.15, 0.2) is 94.6 Å². The molecule has 0 fully saturated rings. The average molecular weight is 382 g/mol. The van der Waals surface area contributed by atoms with Crippen molar-refractivity contribution in [2.45, 2.75) is 13.1 Å². The molecule has 6 nitrogen and oxygen atoms in total. The van der Waals surface area contributed by atoms with Crippen LogP contribution < -0.4 is 5.69 Å². The highest BCUT2D eigenvalue weighted by Gasteiger charge is 2.19. The molecule has 0 unspecified atom stereocenters.